The van der Waals surface area contributed by atoms with Gasteiger partial charge >= 0.3 is 0 Å². The molecule has 1 aliphatic heterocycles. The summed E-state index contributed by atoms with van der Waals surface area (Å²) in [4.78, 5) is 13.8. The van der Waals surface area contributed by atoms with E-state index in [4.69, 9.17) is 21.1 Å². The lowest BCUT2D eigenvalue weighted by molar-refractivity contribution is 0.0362. The van der Waals surface area contributed by atoms with E-state index in [0.717, 1.165) is 13.1 Å². The first-order valence-electron chi connectivity index (χ1n) is 5.75. The Morgan fingerprint density at radius 1 is 1.44 bits per heavy atom. The number of nitrogens with zero attached hydrogens (tertiary/aromatic N) is 1. The number of carbonyl (C=O) groups excluding carboxylic acids is 1. The third kappa shape index (κ3) is 2.60. The van der Waals surface area contributed by atoms with E-state index < -0.39 is 0 Å². The molecule has 98 valence electrons. The molecule has 1 heterocycles. The summed E-state index contributed by atoms with van der Waals surface area (Å²) in [6.07, 6.45) is 0.100. The Morgan fingerprint density at radius 2 is 2.11 bits per heavy atom. The zero-order valence-corrected chi connectivity index (χ0v) is 11.5. The van der Waals surface area contributed by atoms with Crippen molar-refractivity contribution in [2.24, 2.45) is 0 Å². The fourth-order valence-electron chi connectivity index (χ4n) is 1.99. The average Bonchev–Trinajstić information content (AvgIpc) is 2.28. The molecule has 2 rings (SSSR count). The Kier molecular flexibility index (Phi) is 3.78. The van der Waals surface area contributed by atoms with Gasteiger partial charge in [0.05, 0.1) is 12.7 Å². The molecule has 1 aromatic rings. The van der Waals surface area contributed by atoms with E-state index in [-0.39, 0.29) is 11.9 Å². The van der Waals surface area contributed by atoms with Crippen LogP contribution in [-0.2, 0) is 0 Å². The topological polar surface area (TPSA) is 38.8 Å². The number of ketones is 1. The smallest absolute Gasteiger partial charge is 0.172 e. The molecular formula is C13H16ClNO3. The quantitative estimate of drug-likeness (QED) is 0.786. The number of hydrogen-bond acceptors (Lipinski definition) is 4. The van der Waals surface area contributed by atoms with E-state index in [1.807, 2.05) is 7.05 Å². The first kappa shape index (κ1) is 13.2. The van der Waals surface area contributed by atoms with Crippen LogP contribution in [0.4, 0.5) is 0 Å². The lowest BCUT2D eigenvalue weighted by atomic mass is 10.1. The number of halogens is 1. The number of ether oxygens (including phenoxy) is 2. The van der Waals surface area contributed by atoms with Gasteiger partial charge < -0.3 is 9.47 Å². The van der Waals surface area contributed by atoms with Gasteiger partial charge in [0.1, 0.15) is 6.10 Å². The number of benzene rings is 1. The van der Waals surface area contributed by atoms with E-state index in [1.165, 1.54) is 14.0 Å². The predicted octanol–water partition coefficient (Wildman–Crippen LogP) is 2.24. The van der Waals surface area contributed by atoms with Crippen LogP contribution in [0.3, 0.4) is 0 Å². The summed E-state index contributed by atoms with van der Waals surface area (Å²) < 4.78 is 11.1. The monoisotopic (exact) mass is 269 g/mol. The lowest BCUT2D eigenvalue weighted by Gasteiger charge is -2.36. The summed E-state index contributed by atoms with van der Waals surface area (Å²) >= 11 is 5.96. The Hall–Kier alpha value is -1.26. The largest absolute Gasteiger partial charge is 0.493 e. The van der Waals surface area contributed by atoms with Crippen molar-refractivity contribution < 1.29 is 14.3 Å². The van der Waals surface area contributed by atoms with Crippen LogP contribution >= 0.6 is 11.6 Å². The van der Waals surface area contributed by atoms with Crippen molar-refractivity contribution in [1.82, 2.24) is 4.90 Å². The molecule has 0 spiro atoms. The van der Waals surface area contributed by atoms with Gasteiger partial charge in [0.15, 0.2) is 17.3 Å². The number of carbonyl (C=O) groups is 1. The van der Waals surface area contributed by atoms with Crippen molar-refractivity contribution in [2.75, 3.05) is 27.2 Å². The number of likely N-dealkylation sites (tertiary alicyclic amines) is 1. The Morgan fingerprint density at radius 3 is 2.61 bits per heavy atom. The van der Waals surface area contributed by atoms with Gasteiger partial charge in [0, 0.05) is 24.2 Å². The molecule has 1 aliphatic rings. The number of hydrogen-bond donors (Lipinski definition) is 0. The zero-order chi connectivity index (χ0) is 13.3. The minimum atomic E-state index is -0.0847. The maximum absolute atomic E-state index is 11.6. The number of methoxy groups -OCH3 is 1. The van der Waals surface area contributed by atoms with Crippen molar-refractivity contribution in [3.63, 3.8) is 0 Å². The number of rotatable bonds is 4. The molecule has 0 atom stereocenters. The van der Waals surface area contributed by atoms with E-state index in [1.54, 1.807) is 12.1 Å². The first-order valence-corrected chi connectivity index (χ1v) is 6.12. The van der Waals surface area contributed by atoms with Crippen molar-refractivity contribution in [3.05, 3.63) is 22.7 Å². The molecule has 5 heteroatoms. The molecule has 4 nitrogen and oxygen atoms in total. The summed E-state index contributed by atoms with van der Waals surface area (Å²) in [5, 5.41) is 0.468. The Balaban J connectivity index is 2.32. The number of likely N-dealkylation sites (N-methyl/N-ethyl adjacent to an activating group) is 1. The van der Waals surface area contributed by atoms with Gasteiger partial charge in [-0.25, -0.2) is 0 Å². The highest BCUT2D eigenvalue weighted by atomic mass is 35.5. The second-order valence-electron chi connectivity index (χ2n) is 4.50. The van der Waals surface area contributed by atoms with Crippen LogP contribution in [0.1, 0.15) is 17.3 Å². The molecule has 0 aliphatic carbocycles. The summed E-state index contributed by atoms with van der Waals surface area (Å²) in [5.41, 5.74) is 0.467. The minimum absolute atomic E-state index is 0.0847. The summed E-state index contributed by atoms with van der Waals surface area (Å²) in [6, 6.07) is 3.27. The van der Waals surface area contributed by atoms with Gasteiger partial charge in [0.2, 0.25) is 0 Å². The van der Waals surface area contributed by atoms with Crippen LogP contribution in [0.15, 0.2) is 12.1 Å². The lowest BCUT2D eigenvalue weighted by Crippen LogP contribution is -2.51. The van der Waals surface area contributed by atoms with E-state index in [2.05, 4.69) is 4.90 Å². The SMILES string of the molecule is COc1cc(Cl)cc(C(C)=O)c1OC1CN(C)C1. The highest BCUT2D eigenvalue weighted by Gasteiger charge is 2.28. The Labute approximate surface area is 111 Å². The van der Waals surface area contributed by atoms with Crippen LogP contribution in [-0.4, -0.2) is 44.0 Å². The van der Waals surface area contributed by atoms with Crippen LogP contribution < -0.4 is 9.47 Å². The maximum Gasteiger partial charge on any atom is 0.172 e. The molecular weight excluding hydrogens is 254 g/mol. The summed E-state index contributed by atoms with van der Waals surface area (Å²) in [7, 11) is 3.56. The Bertz CT molecular complexity index is 470. The molecule has 1 aromatic carbocycles. The van der Waals surface area contributed by atoms with Gasteiger partial charge in [-0.1, -0.05) is 11.6 Å². The summed E-state index contributed by atoms with van der Waals surface area (Å²) in [6.45, 7) is 3.19. The molecule has 0 N–H and O–H groups in total. The predicted molar refractivity (Wildman–Crippen MR) is 69.9 cm³/mol. The second-order valence-corrected chi connectivity index (χ2v) is 4.94. The van der Waals surface area contributed by atoms with Gasteiger partial charge in [-0.15, -0.1) is 0 Å². The van der Waals surface area contributed by atoms with Gasteiger partial charge in [-0.05, 0) is 20.0 Å². The second kappa shape index (κ2) is 5.16. The molecule has 0 amide bonds. The normalized spacial score (nSPS) is 16.2. The van der Waals surface area contributed by atoms with Crippen molar-refractivity contribution in [1.29, 1.82) is 0 Å². The highest BCUT2D eigenvalue weighted by Crippen LogP contribution is 2.36. The maximum atomic E-state index is 11.6. The van der Waals surface area contributed by atoms with Crippen LogP contribution in [0.5, 0.6) is 11.5 Å². The molecule has 1 saturated heterocycles. The standard InChI is InChI=1S/C13H16ClNO3/c1-8(16)11-4-9(14)5-12(17-3)13(11)18-10-6-15(2)7-10/h4-5,10H,6-7H2,1-3H3. The molecule has 0 bridgehead atoms. The molecule has 0 unspecified atom stereocenters. The molecule has 0 saturated carbocycles. The van der Waals surface area contributed by atoms with Gasteiger partial charge in [-0.2, -0.15) is 0 Å². The third-order valence-electron chi connectivity index (χ3n) is 2.93. The zero-order valence-electron chi connectivity index (χ0n) is 10.7. The average molecular weight is 270 g/mol. The minimum Gasteiger partial charge on any atom is -0.493 e. The number of Topliss-reactive ketones (excluding diaryl/α,β-unsaturated/α-hetero) is 1. The fraction of sp³-hybridized carbons (Fsp3) is 0.462. The highest BCUT2D eigenvalue weighted by molar-refractivity contribution is 6.31. The van der Waals surface area contributed by atoms with Crippen LogP contribution in [0.25, 0.3) is 0 Å². The van der Waals surface area contributed by atoms with Crippen molar-refractivity contribution >= 4 is 17.4 Å². The molecule has 0 radical (unpaired) electrons. The first-order chi connectivity index (χ1) is 8.51. The van der Waals surface area contributed by atoms with Gasteiger partial charge in [0.25, 0.3) is 0 Å². The van der Waals surface area contributed by atoms with Gasteiger partial charge in [-0.3, -0.25) is 9.69 Å². The molecule has 0 aromatic heterocycles. The van der Waals surface area contributed by atoms with E-state index in [9.17, 15) is 4.79 Å². The van der Waals surface area contributed by atoms with Crippen LogP contribution in [0, 0.1) is 0 Å². The van der Waals surface area contributed by atoms with Crippen molar-refractivity contribution in [3.8, 4) is 11.5 Å². The molecule has 1 fully saturated rings. The molecule has 18 heavy (non-hydrogen) atoms. The third-order valence-corrected chi connectivity index (χ3v) is 3.15. The fourth-order valence-corrected chi connectivity index (χ4v) is 2.19. The van der Waals surface area contributed by atoms with Crippen molar-refractivity contribution in [2.45, 2.75) is 13.0 Å². The van der Waals surface area contributed by atoms with Crippen LogP contribution in [0.2, 0.25) is 5.02 Å². The van der Waals surface area contributed by atoms with E-state index >= 15 is 0 Å². The van der Waals surface area contributed by atoms with E-state index in [0.29, 0.717) is 22.1 Å². The summed E-state index contributed by atoms with van der Waals surface area (Å²) in [5.74, 6) is 0.910.